The van der Waals surface area contributed by atoms with Crippen LogP contribution < -0.4 is 4.90 Å². The molecule has 4 nitrogen and oxygen atoms in total. The van der Waals surface area contributed by atoms with E-state index < -0.39 is 11.8 Å². The Morgan fingerprint density at radius 3 is 2.67 bits per heavy atom. The number of carboxylic acid groups (broad SMARTS) is 1. The molecular weight excluding hydrogens is 237 g/mol. The number of ether oxygens (including phenoxy) is 1. The fourth-order valence-corrected chi connectivity index (χ4v) is 1.78. The predicted octanol–water partition coefficient (Wildman–Crippen LogP) is 2.39. The molecule has 0 aliphatic heterocycles. The molecule has 0 atom stereocenters. The number of anilines is 1. The summed E-state index contributed by atoms with van der Waals surface area (Å²) in [6.07, 6.45) is 0. The molecule has 1 aromatic rings. The zero-order valence-corrected chi connectivity index (χ0v) is 10.8. The maximum Gasteiger partial charge on any atom is 0.337 e. The van der Waals surface area contributed by atoms with Crippen LogP contribution in [0.4, 0.5) is 10.1 Å². The molecule has 5 heteroatoms. The SMILES string of the molecule is COCCN(c1ccc(F)cc1C(=O)O)C(C)C. The quantitative estimate of drug-likeness (QED) is 0.848. The molecule has 0 saturated heterocycles. The van der Waals surface area contributed by atoms with Crippen molar-refractivity contribution < 1.29 is 19.0 Å². The first-order valence-corrected chi connectivity index (χ1v) is 5.75. The minimum atomic E-state index is -1.13. The third-order valence-electron chi connectivity index (χ3n) is 2.66. The number of methoxy groups -OCH3 is 1. The van der Waals surface area contributed by atoms with Gasteiger partial charge in [0.25, 0.3) is 0 Å². The number of nitrogens with zero attached hydrogens (tertiary/aromatic N) is 1. The Balaban J connectivity index is 3.14. The van der Waals surface area contributed by atoms with Gasteiger partial charge in [0.2, 0.25) is 0 Å². The Kier molecular flexibility index (Phi) is 5.09. The van der Waals surface area contributed by atoms with E-state index in [0.717, 1.165) is 6.07 Å². The molecule has 0 spiro atoms. The Hall–Kier alpha value is -1.62. The topological polar surface area (TPSA) is 49.8 Å². The maximum absolute atomic E-state index is 13.1. The average molecular weight is 255 g/mol. The van der Waals surface area contributed by atoms with Gasteiger partial charge in [-0.1, -0.05) is 0 Å². The zero-order chi connectivity index (χ0) is 13.7. The van der Waals surface area contributed by atoms with Gasteiger partial charge < -0.3 is 14.7 Å². The van der Waals surface area contributed by atoms with Crippen molar-refractivity contribution in [3.8, 4) is 0 Å². The van der Waals surface area contributed by atoms with E-state index >= 15 is 0 Å². The van der Waals surface area contributed by atoms with E-state index in [1.54, 1.807) is 7.11 Å². The Morgan fingerprint density at radius 1 is 1.50 bits per heavy atom. The molecule has 0 radical (unpaired) electrons. The van der Waals surface area contributed by atoms with Gasteiger partial charge in [0.15, 0.2) is 0 Å². The average Bonchev–Trinajstić information content (AvgIpc) is 2.30. The largest absolute Gasteiger partial charge is 0.478 e. The molecule has 0 aliphatic carbocycles. The van der Waals surface area contributed by atoms with Crippen LogP contribution in [0.5, 0.6) is 0 Å². The summed E-state index contributed by atoms with van der Waals surface area (Å²) in [5.41, 5.74) is 0.482. The summed E-state index contributed by atoms with van der Waals surface area (Å²) in [7, 11) is 1.58. The van der Waals surface area contributed by atoms with Crippen LogP contribution in [0.2, 0.25) is 0 Å². The fourth-order valence-electron chi connectivity index (χ4n) is 1.78. The molecule has 0 fully saturated rings. The van der Waals surface area contributed by atoms with E-state index in [-0.39, 0.29) is 11.6 Å². The van der Waals surface area contributed by atoms with E-state index in [0.29, 0.717) is 18.8 Å². The molecule has 0 aliphatic rings. The van der Waals surface area contributed by atoms with Crippen LogP contribution >= 0.6 is 0 Å². The predicted molar refractivity (Wildman–Crippen MR) is 67.7 cm³/mol. The number of benzene rings is 1. The monoisotopic (exact) mass is 255 g/mol. The summed E-state index contributed by atoms with van der Waals surface area (Å²) < 4.78 is 18.1. The fraction of sp³-hybridized carbons (Fsp3) is 0.462. The Morgan fingerprint density at radius 2 is 2.17 bits per heavy atom. The van der Waals surface area contributed by atoms with Crippen LogP contribution in [0.3, 0.4) is 0 Å². The lowest BCUT2D eigenvalue weighted by Gasteiger charge is -2.30. The first-order chi connectivity index (χ1) is 8.47. The van der Waals surface area contributed by atoms with Gasteiger partial charge in [-0.2, -0.15) is 0 Å². The summed E-state index contributed by atoms with van der Waals surface area (Å²) >= 11 is 0. The minimum absolute atomic E-state index is 0.0280. The number of hydrogen-bond acceptors (Lipinski definition) is 3. The summed E-state index contributed by atoms with van der Waals surface area (Å²) in [5, 5.41) is 9.12. The zero-order valence-electron chi connectivity index (χ0n) is 10.8. The summed E-state index contributed by atoms with van der Waals surface area (Å²) in [6.45, 7) is 4.93. The van der Waals surface area contributed by atoms with Crippen molar-refractivity contribution in [2.24, 2.45) is 0 Å². The molecule has 1 N–H and O–H groups in total. The first kappa shape index (κ1) is 14.4. The number of halogens is 1. The number of hydrogen-bond donors (Lipinski definition) is 1. The number of rotatable bonds is 6. The highest BCUT2D eigenvalue weighted by Gasteiger charge is 2.18. The van der Waals surface area contributed by atoms with Crippen LogP contribution in [0.15, 0.2) is 18.2 Å². The van der Waals surface area contributed by atoms with E-state index in [4.69, 9.17) is 9.84 Å². The molecule has 1 rings (SSSR count). The van der Waals surface area contributed by atoms with Crippen molar-refractivity contribution in [1.82, 2.24) is 0 Å². The minimum Gasteiger partial charge on any atom is -0.478 e. The molecule has 18 heavy (non-hydrogen) atoms. The second kappa shape index (κ2) is 6.35. The highest BCUT2D eigenvalue weighted by molar-refractivity contribution is 5.94. The second-order valence-electron chi connectivity index (χ2n) is 4.25. The van der Waals surface area contributed by atoms with Gasteiger partial charge in [-0.05, 0) is 32.0 Å². The van der Waals surface area contributed by atoms with E-state index in [2.05, 4.69) is 0 Å². The highest BCUT2D eigenvalue weighted by Crippen LogP contribution is 2.23. The van der Waals surface area contributed by atoms with Gasteiger partial charge in [-0.3, -0.25) is 0 Å². The molecule has 0 unspecified atom stereocenters. The molecule has 0 amide bonds. The standard InChI is InChI=1S/C13H18FNO3/c1-9(2)15(6-7-18-3)12-5-4-10(14)8-11(12)13(16)17/h4-5,8-9H,6-7H2,1-3H3,(H,16,17). The molecule has 0 bridgehead atoms. The van der Waals surface area contributed by atoms with Crippen molar-refractivity contribution in [3.05, 3.63) is 29.6 Å². The van der Waals surface area contributed by atoms with Gasteiger partial charge in [-0.15, -0.1) is 0 Å². The lowest BCUT2D eigenvalue weighted by atomic mass is 10.1. The summed E-state index contributed by atoms with van der Waals surface area (Å²) in [4.78, 5) is 13.0. The van der Waals surface area contributed by atoms with Crippen LogP contribution in [0.1, 0.15) is 24.2 Å². The third-order valence-corrected chi connectivity index (χ3v) is 2.66. The molecule has 1 aromatic carbocycles. The maximum atomic E-state index is 13.1. The van der Waals surface area contributed by atoms with Gasteiger partial charge in [0, 0.05) is 19.7 Å². The van der Waals surface area contributed by atoms with Crippen LogP contribution in [0, 0.1) is 5.82 Å². The molecule has 100 valence electrons. The number of aromatic carboxylic acids is 1. The lowest BCUT2D eigenvalue weighted by Crippen LogP contribution is -2.35. The van der Waals surface area contributed by atoms with Crippen molar-refractivity contribution >= 4 is 11.7 Å². The molecular formula is C13H18FNO3. The van der Waals surface area contributed by atoms with Crippen molar-refractivity contribution in [3.63, 3.8) is 0 Å². The second-order valence-corrected chi connectivity index (χ2v) is 4.25. The molecule has 0 aromatic heterocycles. The first-order valence-electron chi connectivity index (χ1n) is 5.75. The Bertz CT molecular complexity index is 421. The van der Waals surface area contributed by atoms with Gasteiger partial charge in [0.05, 0.1) is 17.9 Å². The summed E-state index contributed by atoms with van der Waals surface area (Å²) in [5.74, 6) is -1.68. The normalized spacial score (nSPS) is 10.7. The van der Waals surface area contributed by atoms with E-state index in [1.807, 2.05) is 18.7 Å². The van der Waals surface area contributed by atoms with E-state index in [1.165, 1.54) is 12.1 Å². The number of carboxylic acids is 1. The van der Waals surface area contributed by atoms with Crippen molar-refractivity contribution in [1.29, 1.82) is 0 Å². The smallest absolute Gasteiger partial charge is 0.337 e. The van der Waals surface area contributed by atoms with Gasteiger partial charge in [0.1, 0.15) is 5.82 Å². The molecule has 0 heterocycles. The van der Waals surface area contributed by atoms with E-state index in [9.17, 15) is 9.18 Å². The van der Waals surface area contributed by atoms with Crippen molar-refractivity contribution in [2.45, 2.75) is 19.9 Å². The number of carbonyl (C=O) groups is 1. The van der Waals surface area contributed by atoms with Crippen LogP contribution in [0.25, 0.3) is 0 Å². The lowest BCUT2D eigenvalue weighted by molar-refractivity contribution is 0.0697. The van der Waals surface area contributed by atoms with Crippen LogP contribution in [-0.2, 0) is 4.74 Å². The Labute approximate surface area is 106 Å². The summed E-state index contributed by atoms with van der Waals surface area (Å²) in [6, 6.07) is 3.90. The van der Waals surface area contributed by atoms with Crippen LogP contribution in [-0.4, -0.2) is 37.4 Å². The van der Waals surface area contributed by atoms with Crippen molar-refractivity contribution in [2.75, 3.05) is 25.2 Å². The van der Waals surface area contributed by atoms with Gasteiger partial charge in [-0.25, -0.2) is 9.18 Å². The van der Waals surface area contributed by atoms with Gasteiger partial charge >= 0.3 is 5.97 Å². The molecule has 0 saturated carbocycles. The highest BCUT2D eigenvalue weighted by atomic mass is 19.1. The third kappa shape index (κ3) is 3.43.